The van der Waals surface area contributed by atoms with E-state index in [0.29, 0.717) is 12.5 Å². The van der Waals surface area contributed by atoms with Crippen LogP contribution in [0.4, 0.5) is 4.39 Å². The second-order valence-electron chi connectivity index (χ2n) is 8.10. The van der Waals surface area contributed by atoms with E-state index in [0.717, 1.165) is 50.9 Å². The topological polar surface area (TPSA) is 49.3 Å². The standard InChI is InChI=1S/C22H35FN4O2/c1-17-15-27(16-21(29-17)19-4-6-20(23)7-5-19)22(24-2)25-14-18-8-10-26(11-9-18)12-13-28-3/h4-7,17-18,21H,8-16H2,1-3H3,(H,24,25). The molecule has 2 unspecified atom stereocenters. The van der Waals surface area contributed by atoms with Crippen molar-refractivity contribution < 1.29 is 13.9 Å². The molecule has 2 aliphatic rings. The lowest BCUT2D eigenvalue weighted by molar-refractivity contribution is -0.0605. The first-order valence-corrected chi connectivity index (χ1v) is 10.7. The van der Waals surface area contributed by atoms with E-state index in [4.69, 9.17) is 9.47 Å². The molecule has 2 atom stereocenters. The molecule has 1 aromatic carbocycles. The van der Waals surface area contributed by atoms with Crippen LogP contribution in [0.5, 0.6) is 0 Å². The van der Waals surface area contributed by atoms with Gasteiger partial charge in [0, 0.05) is 33.8 Å². The average Bonchev–Trinajstić information content (AvgIpc) is 2.73. The van der Waals surface area contributed by atoms with Crippen molar-refractivity contribution in [3.8, 4) is 0 Å². The minimum atomic E-state index is -0.222. The first-order chi connectivity index (χ1) is 14.1. The van der Waals surface area contributed by atoms with Crippen molar-refractivity contribution in [3.05, 3.63) is 35.6 Å². The Morgan fingerprint density at radius 3 is 2.62 bits per heavy atom. The highest BCUT2D eigenvalue weighted by molar-refractivity contribution is 5.80. The summed E-state index contributed by atoms with van der Waals surface area (Å²) in [5.74, 6) is 1.37. The molecule has 6 nitrogen and oxygen atoms in total. The van der Waals surface area contributed by atoms with Crippen LogP contribution < -0.4 is 5.32 Å². The number of ether oxygens (including phenoxy) is 2. The number of halogens is 1. The molecule has 1 aromatic rings. The number of piperidine rings is 1. The highest BCUT2D eigenvalue weighted by Gasteiger charge is 2.29. The Bertz CT molecular complexity index is 647. The van der Waals surface area contributed by atoms with E-state index < -0.39 is 0 Å². The van der Waals surface area contributed by atoms with Gasteiger partial charge in [-0.05, 0) is 56.5 Å². The molecule has 2 saturated heterocycles. The minimum Gasteiger partial charge on any atom is -0.383 e. The van der Waals surface area contributed by atoms with Crippen LogP contribution in [0.3, 0.4) is 0 Å². The van der Waals surface area contributed by atoms with Gasteiger partial charge in [-0.1, -0.05) is 12.1 Å². The maximum Gasteiger partial charge on any atom is 0.193 e. The van der Waals surface area contributed by atoms with Crippen molar-refractivity contribution in [3.63, 3.8) is 0 Å². The highest BCUT2D eigenvalue weighted by atomic mass is 19.1. The summed E-state index contributed by atoms with van der Waals surface area (Å²) in [6.45, 7) is 8.63. The molecular formula is C22H35FN4O2. The Hall–Kier alpha value is -1.70. The molecule has 0 radical (unpaired) electrons. The van der Waals surface area contributed by atoms with E-state index in [-0.39, 0.29) is 18.0 Å². The third kappa shape index (κ3) is 6.39. The van der Waals surface area contributed by atoms with Gasteiger partial charge in [-0.3, -0.25) is 4.99 Å². The molecule has 3 rings (SSSR count). The van der Waals surface area contributed by atoms with Crippen molar-refractivity contribution in [2.24, 2.45) is 10.9 Å². The molecule has 0 aliphatic carbocycles. The monoisotopic (exact) mass is 406 g/mol. The Kier molecular flexibility index (Phi) is 8.27. The number of benzene rings is 1. The lowest BCUT2D eigenvalue weighted by atomic mass is 9.97. The van der Waals surface area contributed by atoms with Gasteiger partial charge in [0.1, 0.15) is 11.9 Å². The van der Waals surface area contributed by atoms with Crippen molar-refractivity contribution in [1.29, 1.82) is 0 Å². The summed E-state index contributed by atoms with van der Waals surface area (Å²) in [5.41, 5.74) is 1.00. The SMILES string of the molecule is CN=C(NCC1CCN(CCOC)CC1)N1CC(C)OC(c2ccc(F)cc2)C1. The zero-order chi connectivity index (χ0) is 20.6. The number of nitrogens with zero attached hydrogens (tertiary/aromatic N) is 3. The van der Waals surface area contributed by atoms with E-state index in [1.165, 1.54) is 25.0 Å². The fourth-order valence-corrected chi connectivity index (χ4v) is 4.19. The van der Waals surface area contributed by atoms with E-state index in [1.54, 1.807) is 7.11 Å². The quantitative estimate of drug-likeness (QED) is 0.581. The average molecular weight is 407 g/mol. The zero-order valence-corrected chi connectivity index (χ0v) is 17.9. The van der Waals surface area contributed by atoms with Crippen LogP contribution in [0.2, 0.25) is 0 Å². The van der Waals surface area contributed by atoms with Gasteiger partial charge >= 0.3 is 0 Å². The Morgan fingerprint density at radius 2 is 1.97 bits per heavy atom. The van der Waals surface area contributed by atoms with Crippen LogP contribution in [0.1, 0.15) is 31.4 Å². The predicted molar refractivity (Wildman–Crippen MR) is 114 cm³/mol. The van der Waals surface area contributed by atoms with Gasteiger partial charge in [0.05, 0.1) is 19.3 Å². The molecule has 2 fully saturated rings. The molecule has 0 bridgehead atoms. The van der Waals surface area contributed by atoms with E-state index in [9.17, 15) is 4.39 Å². The molecule has 0 aromatic heterocycles. The number of guanidine groups is 1. The number of aliphatic imine (C=N–C) groups is 1. The molecule has 162 valence electrons. The first-order valence-electron chi connectivity index (χ1n) is 10.7. The smallest absolute Gasteiger partial charge is 0.193 e. The summed E-state index contributed by atoms with van der Waals surface area (Å²) in [6, 6.07) is 6.61. The largest absolute Gasteiger partial charge is 0.383 e. The number of rotatable bonds is 6. The fourth-order valence-electron chi connectivity index (χ4n) is 4.19. The van der Waals surface area contributed by atoms with Crippen LogP contribution >= 0.6 is 0 Å². The van der Waals surface area contributed by atoms with Gasteiger partial charge in [0.2, 0.25) is 0 Å². The lowest BCUT2D eigenvalue weighted by Crippen LogP contribution is -2.51. The Balaban J connectivity index is 1.51. The Morgan fingerprint density at radius 1 is 1.24 bits per heavy atom. The zero-order valence-electron chi connectivity index (χ0n) is 17.9. The van der Waals surface area contributed by atoms with Crippen LogP contribution in [0.15, 0.2) is 29.3 Å². The molecule has 1 N–H and O–H groups in total. The van der Waals surface area contributed by atoms with Crippen LogP contribution in [0, 0.1) is 11.7 Å². The Labute approximate surface area is 174 Å². The summed E-state index contributed by atoms with van der Waals surface area (Å²) in [5, 5.41) is 3.59. The van der Waals surface area contributed by atoms with Crippen molar-refractivity contribution in [1.82, 2.24) is 15.1 Å². The minimum absolute atomic E-state index is 0.0816. The molecule has 0 saturated carbocycles. The molecule has 7 heteroatoms. The second kappa shape index (κ2) is 10.9. The van der Waals surface area contributed by atoms with Gasteiger partial charge in [0.25, 0.3) is 0 Å². The van der Waals surface area contributed by atoms with E-state index in [1.807, 2.05) is 19.2 Å². The van der Waals surface area contributed by atoms with Gasteiger partial charge in [-0.2, -0.15) is 0 Å². The number of methoxy groups -OCH3 is 1. The fraction of sp³-hybridized carbons (Fsp3) is 0.682. The molecule has 2 aliphatic heterocycles. The molecule has 29 heavy (non-hydrogen) atoms. The maximum atomic E-state index is 13.3. The molecule has 0 amide bonds. The van der Waals surface area contributed by atoms with Crippen molar-refractivity contribution in [2.75, 3.05) is 60.0 Å². The third-order valence-corrected chi connectivity index (χ3v) is 5.88. The second-order valence-corrected chi connectivity index (χ2v) is 8.10. The van der Waals surface area contributed by atoms with E-state index >= 15 is 0 Å². The van der Waals surface area contributed by atoms with Gasteiger partial charge in [-0.15, -0.1) is 0 Å². The first kappa shape index (κ1) is 22.0. The normalized spacial score (nSPS) is 24.7. The van der Waals surface area contributed by atoms with E-state index in [2.05, 4.69) is 27.0 Å². The predicted octanol–water partition coefficient (Wildman–Crippen LogP) is 2.52. The molecule has 0 spiro atoms. The molecule has 2 heterocycles. The number of nitrogens with one attached hydrogen (secondary N) is 1. The van der Waals surface area contributed by atoms with Crippen molar-refractivity contribution >= 4 is 5.96 Å². The van der Waals surface area contributed by atoms with Gasteiger partial charge in [-0.25, -0.2) is 4.39 Å². The summed E-state index contributed by atoms with van der Waals surface area (Å²) in [4.78, 5) is 9.25. The summed E-state index contributed by atoms with van der Waals surface area (Å²) in [6.07, 6.45) is 2.40. The maximum absolute atomic E-state index is 13.3. The van der Waals surface area contributed by atoms with Crippen LogP contribution in [-0.4, -0.2) is 81.9 Å². The lowest BCUT2D eigenvalue weighted by Gasteiger charge is -2.39. The number of likely N-dealkylation sites (tertiary alicyclic amines) is 1. The summed E-state index contributed by atoms with van der Waals surface area (Å²) >= 11 is 0. The summed E-state index contributed by atoms with van der Waals surface area (Å²) in [7, 11) is 3.60. The number of morpholine rings is 1. The van der Waals surface area contributed by atoms with Gasteiger partial charge in [0.15, 0.2) is 5.96 Å². The number of hydrogen-bond donors (Lipinski definition) is 1. The number of hydrogen-bond acceptors (Lipinski definition) is 4. The third-order valence-electron chi connectivity index (χ3n) is 5.88. The van der Waals surface area contributed by atoms with Crippen LogP contribution in [-0.2, 0) is 9.47 Å². The summed E-state index contributed by atoms with van der Waals surface area (Å²) < 4.78 is 24.6. The van der Waals surface area contributed by atoms with Crippen LogP contribution in [0.25, 0.3) is 0 Å². The molecular weight excluding hydrogens is 371 g/mol. The van der Waals surface area contributed by atoms with Crippen molar-refractivity contribution in [2.45, 2.75) is 32.0 Å². The highest BCUT2D eigenvalue weighted by Crippen LogP contribution is 2.25. The van der Waals surface area contributed by atoms with Gasteiger partial charge < -0.3 is 24.6 Å².